The fourth-order valence-electron chi connectivity index (χ4n) is 2.27. The average molecular weight is 360 g/mol. The van der Waals surface area contributed by atoms with Crippen LogP contribution in [0, 0.1) is 0 Å². The van der Waals surface area contributed by atoms with Crippen molar-refractivity contribution in [2.45, 2.75) is 6.61 Å². The lowest BCUT2D eigenvalue weighted by atomic mass is 10.2. The number of nitrogens with zero attached hydrogens (tertiary/aromatic N) is 1. The Balaban J connectivity index is 1.40. The Hall–Kier alpha value is -3.60. The second-order valence-electron chi connectivity index (χ2n) is 5.74. The number of nitrogens with one attached hydrogen (secondary N) is 1. The lowest BCUT2D eigenvalue weighted by Crippen LogP contribution is -2.24. The topological polar surface area (TPSA) is 59.9 Å². The van der Waals surface area contributed by atoms with Crippen molar-refractivity contribution < 1.29 is 14.3 Å². The number of hydrazone groups is 1. The molecule has 0 bridgehead atoms. The lowest BCUT2D eigenvalue weighted by Gasteiger charge is -2.08. The zero-order valence-electron chi connectivity index (χ0n) is 14.7. The Morgan fingerprint density at radius 1 is 0.815 bits per heavy atom. The van der Waals surface area contributed by atoms with E-state index in [1.54, 1.807) is 18.3 Å². The van der Waals surface area contributed by atoms with Crippen molar-refractivity contribution in [2.75, 3.05) is 6.61 Å². The van der Waals surface area contributed by atoms with Crippen molar-refractivity contribution >= 4 is 12.1 Å². The van der Waals surface area contributed by atoms with E-state index in [0.29, 0.717) is 12.4 Å². The van der Waals surface area contributed by atoms with E-state index in [-0.39, 0.29) is 12.5 Å². The summed E-state index contributed by atoms with van der Waals surface area (Å²) in [4.78, 5) is 11.8. The van der Waals surface area contributed by atoms with Gasteiger partial charge in [-0.15, -0.1) is 0 Å². The predicted molar refractivity (Wildman–Crippen MR) is 105 cm³/mol. The summed E-state index contributed by atoms with van der Waals surface area (Å²) in [7, 11) is 0. The first-order chi connectivity index (χ1) is 13.3. The second-order valence-corrected chi connectivity index (χ2v) is 5.74. The highest BCUT2D eigenvalue weighted by molar-refractivity contribution is 5.82. The molecule has 0 radical (unpaired) electrons. The Labute approximate surface area is 158 Å². The van der Waals surface area contributed by atoms with Gasteiger partial charge in [-0.2, -0.15) is 5.10 Å². The summed E-state index contributed by atoms with van der Waals surface area (Å²) < 4.78 is 11.2. The molecule has 1 N–H and O–H groups in total. The van der Waals surface area contributed by atoms with Crippen LogP contribution in [0.4, 0.5) is 0 Å². The summed E-state index contributed by atoms with van der Waals surface area (Å²) >= 11 is 0. The van der Waals surface area contributed by atoms with E-state index in [4.69, 9.17) is 9.47 Å². The maximum Gasteiger partial charge on any atom is 0.277 e. The fourth-order valence-corrected chi connectivity index (χ4v) is 2.27. The maximum absolute atomic E-state index is 11.8. The lowest BCUT2D eigenvalue weighted by molar-refractivity contribution is -0.123. The molecule has 0 aliphatic rings. The van der Waals surface area contributed by atoms with Gasteiger partial charge in [0.15, 0.2) is 6.61 Å². The van der Waals surface area contributed by atoms with E-state index in [2.05, 4.69) is 10.5 Å². The van der Waals surface area contributed by atoms with Crippen molar-refractivity contribution in [3.8, 4) is 11.5 Å². The standard InChI is InChI=1S/C22H20N2O3/c25-22(24-23-15-18-7-3-1-4-8-18)17-27-21-13-11-20(12-14-21)26-16-19-9-5-2-6-10-19/h1-15H,16-17H2,(H,24,25). The number of carbonyl (C=O) groups excluding carboxylic acids is 1. The number of carbonyl (C=O) groups is 1. The normalized spacial score (nSPS) is 10.5. The number of rotatable bonds is 8. The van der Waals surface area contributed by atoms with Gasteiger partial charge in [-0.1, -0.05) is 60.7 Å². The van der Waals surface area contributed by atoms with Gasteiger partial charge in [0.2, 0.25) is 0 Å². The number of hydrogen-bond donors (Lipinski definition) is 1. The molecule has 27 heavy (non-hydrogen) atoms. The molecule has 0 spiro atoms. The first-order valence-electron chi connectivity index (χ1n) is 8.56. The summed E-state index contributed by atoms with van der Waals surface area (Å²) in [6.07, 6.45) is 1.58. The number of ether oxygens (including phenoxy) is 2. The van der Waals surface area contributed by atoms with Crippen LogP contribution in [0.5, 0.6) is 11.5 Å². The molecule has 5 nitrogen and oxygen atoms in total. The summed E-state index contributed by atoms with van der Waals surface area (Å²) in [6.45, 7) is 0.388. The second kappa shape index (κ2) is 9.77. The van der Waals surface area contributed by atoms with Crippen LogP contribution < -0.4 is 14.9 Å². The predicted octanol–water partition coefficient (Wildman–Crippen LogP) is 3.79. The molecule has 0 saturated heterocycles. The molecule has 3 aromatic carbocycles. The molecule has 5 heteroatoms. The van der Waals surface area contributed by atoms with E-state index in [0.717, 1.165) is 16.9 Å². The molecular formula is C22H20N2O3. The monoisotopic (exact) mass is 360 g/mol. The Morgan fingerprint density at radius 3 is 2.07 bits per heavy atom. The average Bonchev–Trinajstić information content (AvgIpc) is 2.73. The molecule has 0 aliphatic carbocycles. The Morgan fingerprint density at radius 2 is 1.41 bits per heavy atom. The highest BCUT2D eigenvalue weighted by Gasteiger charge is 2.02. The molecule has 0 aromatic heterocycles. The van der Waals surface area contributed by atoms with E-state index in [1.807, 2.05) is 72.8 Å². The Kier molecular flexibility index (Phi) is 6.59. The van der Waals surface area contributed by atoms with E-state index in [1.165, 1.54) is 0 Å². The number of amides is 1. The third-order valence-corrected chi connectivity index (χ3v) is 3.64. The quantitative estimate of drug-likeness (QED) is 0.491. The maximum atomic E-state index is 11.8. The molecule has 0 aliphatic heterocycles. The minimum absolute atomic E-state index is 0.115. The minimum atomic E-state index is -0.327. The molecule has 3 rings (SSSR count). The van der Waals surface area contributed by atoms with Gasteiger partial charge in [-0.25, -0.2) is 5.43 Å². The molecule has 0 saturated carbocycles. The number of benzene rings is 3. The molecule has 0 atom stereocenters. The number of hydrogen-bond acceptors (Lipinski definition) is 4. The zero-order valence-corrected chi connectivity index (χ0v) is 14.7. The zero-order chi connectivity index (χ0) is 18.7. The highest BCUT2D eigenvalue weighted by Crippen LogP contribution is 2.18. The molecular weight excluding hydrogens is 340 g/mol. The summed E-state index contributed by atoms with van der Waals surface area (Å²) in [5.74, 6) is 0.999. The molecule has 136 valence electrons. The fraction of sp³-hybridized carbons (Fsp3) is 0.0909. The molecule has 0 fully saturated rings. The SMILES string of the molecule is O=C(COc1ccc(OCc2ccccc2)cc1)NN=Cc1ccccc1. The summed E-state index contributed by atoms with van der Waals surface area (Å²) in [6, 6.07) is 26.6. The van der Waals surface area contributed by atoms with Gasteiger partial charge in [-0.3, -0.25) is 4.79 Å². The molecule has 1 amide bonds. The summed E-state index contributed by atoms with van der Waals surface area (Å²) in [5.41, 5.74) is 4.44. The van der Waals surface area contributed by atoms with Gasteiger partial charge in [0.05, 0.1) is 6.21 Å². The van der Waals surface area contributed by atoms with E-state index < -0.39 is 0 Å². The molecule has 0 heterocycles. The molecule has 3 aromatic rings. The van der Waals surface area contributed by atoms with Crippen LogP contribution in [0.1, 0.15) is 11.1 Å². The van der Waals surface area contributed by atoms with Gasteiger partial charge in [0.25, 0.3) is 5.91 Å². The third-order valence-electron chi connectivity index (χ3n) is 3.64. The van der Waals surface area contributed by atoms with Gasteiger partial charge in [-0.05, 0) is 35.4 Å². The van der Waals surface area contributed by atoms with Crippen LogP contribution >= 0.6 is 0 Å². The van der Waals surface area contributed by atoms with Gasteiger partial charge < -0.3 is 9.47 Å². The van der Waals surface area contributed by atoms with Crippen molar-refractivity contribution in [3.05, 3.63) is 96.1 Å². The first-order valence-corrected chi connectivity index (χ1v) is 8.56. The van der Waals surface area contributed by atoms with Crippen molar-refractivity contribution in [2.24, 2.45) is 5.10 Å². The Bertz CT molecular complexity index is 863. The smallest absolute Gasteiger partial charge is 0.277 e. The highest BCUT2D eigenvalue weighted by atomic mass is 16.5. The van der Waals surface area contributed by atoms with E-state index in [9.17, 15) is 4.79 Å². The van der Waals surface area contributed by atoms with Gasteiger partial charge in [0.1, 0.15) is 18.1 Å². The van der Waals surface area contributed by atoms with Crippen LogP contribution in [-0.2, 0) is 11.4 Å². The van der Waals surface area contributed by atoms with Crippen LogP contribution in [-0.4, -0.2) is 18.7 Å². The van der Waals surface area contributed by atoms with Crippen molar-refractivity contribution in [3.63, 3.8) is 0 Å². The van der Waals surface area contributed by atoms with Crippen LogP contribution in [0.25, 0.3) is 0 Å². The van der Waals surface area contributed by atoms with Crippen molar-refractivity contribution in [1.29, 1.82) is 0 Å². The van der Waals surface area contributed by atoms with Crippen molar-refractivity contribution in [1.82, 2.24) is 5.43 Å². The first kappa shape index (κ1) is 18.2. The third kappa shape index (κ3) is 6.32. The minimum Gasteiger partial charge on any atom is -0.489 e. The van der Waals surface area contributed by atoms with Gasteiger partial charge in [0, 0.05) is 0 Å². The van der Waals surface area contributed by atoms with Crippen LogP contribution in [0.2, 0.25) is 0 Å². The van der Waals surface area contributed by atoms with E-state index >= 15 is 0 Å². The van der Waals surface area contributed by atoms with Crippen LogP contribution in [0.15, 0.2) is 90.0 Å². The molecule has 0 unspecified atom stereocenters. The van der Waals surface area contributed by atoms with Gasteiger partial charge >= 0.3 is 0 Å². The summed E-state index contributed by atoms with van der Waals surface area (Å²) in [5, 5.41) is 3.90. The largest absolute Gasteiger partial charge is 0.489 e. The van der Waals surface area contributed by atoms with Crippen LogP contribution in [0.3, 0.4) is 0 Å².